The maximum absolute atomic E-state index is 12.4. The second-order valence-corrected chi connectivity index (χ2v) is 5.78. The van der Waals surface area contributed by atoms with E-state index in [0.717, 1.165) is 12.0 Å². The van der Waals surface area contributed by atoms with Crippen molar-refractivity contribution >= 4 is 17.6 Å². The molecule has 1 amide bonds. The highest BCUT2D eigenvalue weighted by Gasteiger charge is 2.23. The van der Waals surface area contributed by atoms with Crippen LogP contribution in [-0.4, -0.2) is 30.7 Å². The molecule has 0 saturated heterocycles. The van der Waals surface area contributed by atoms with Gasteiger partial charge in [-0.2, -0.15) is 0 Å². The van der Waals surface area contributed by atoms with Crippen molar-refractivity contribution in [3.8, 4) is 5.75 Å². The molecule has 1 aliphatic rings. The fourth-order valence-electron chi connectivity index (χ4n) is 2.94. The predicted octanol–water partition coefficient (Wildman–Crippen LogP) is 3.04. The maximum atomic E-state index is 12.4. The van der Waals surface area contributed by atoms with E-state index in [-0.39, 0.29) is 24.0 Å². The lowest BCUT2D eigenvalue weighted by Crippen LogP contribution is -2.22. The van der Waals surface area contributed by atoms with E-state index in [1.807, 2.05) is 18.2 Å². The van der Waals surface area contributed by atoms with Gasteiger partial charge in [-0.3, -0.25) is 4.79 Å². The molecule has 2 aromatic rings. The minimum atomic E-state index is -1.05. The summed E-state index contributed by atoms with van der Waals surface area (Å²) in [6, 6.07) is 12.3. The zero-order valence-corrected chi connectivity index (χ0v) is 13.8. The van der Waals surface area contributed by atoms with Crippen LogP contribution in [0.3, 0.4) is 0 Å². The molecule has 3 rings (SSSR count). The standard InChI is InChI=1S/C19H19NO5/c1-24-17-10-13(19(22)23)6-7-15(17)20-18(21)11-16-14-5-3-2-4-12(14)8-9-25-16/h2-7,10,16H,8-9,11H2,1H3,(H,20,21)(H,22,23). The number of carboxylic acids is 1. The van der Waals surface area contributed by atoms with E-state index in [2.05, 4.69) is 11.4 Å². The Bertz CT molecular complexity index is 802. The first-order valence-corrected chi connectivity index (χ1v) is 7.99. The molecule has 6 nitrogen and oxygen atoms in total. The summed E-state index contributed by atoms with van der Waals surface area (Å²) in [4.78, 5) is 23.4. The number of carbonyl (C=O) groups is 2. The number of nitrogens with one attached hydrogen (secondary N) is 1. The third-order valence-electron chi connectivity index (χ3n) is 4.19. The van der Waals surface area contributed by atoms with Gasteiger partial charge in [0, 0.05) is 0 Å². The first-order chi connectivity index (χ1) is 12.1. The summed E-state index contributed by atoms with van der Waals surface area (Å²) in [5, 5.41) is 11.8. The zero-order valence-electron chi connectivity index (χ0n) is 13.8. The zero-order chi connectivity index (χ0) is 17.8. The Morgan fingerprint density at radius 2 is 2.08 bits per heavy atom. The number of carboxylic acid groups (broad SMARTS) is 1. The fraction of sp³-hybridized carbons (Fsp3) is 0.263. The molecular weight excluding hydrogens is 322 g/mol. The van der Waals surface area contributed by atoms with Crippen LogP contribution >= 0.6 is 0 Å². The van der Waals surface area contributed by atoms with Gasteiger partial charge in [-0.15, -0.1) is 0 Å². The lowest BCUT2D eigenvalue weighted by Gasteiger charge is -2.25. The van der Waals surface area contributed by atoms with Gasteiger partial charge in [0.2, 0.25) is 5.91 Å². The van der Waals surface area contributed by atoms with Crippen molar-refractivity contribution in [1.82, 2.24) is 0 Å². The highest BCUT2D eigenvalue weighted by Crippen LogP contribution is 2.31. The Balaban J connectivity index is 1.72. The van der Waals surface area contributed by atoms with Crippen LogP contribution in [0, 0.1) is 0 Å². The molecule has 1 unspecified atom stereocenters. The van der Waals surface area contributed by atoms with Gasteiger partial charge < -0.3 is 19.9 Å². The van der Waals surface area contributed by atoms with Crippen LogP contribution in [0.1, 0.15) is 34.0 Å². The highest BCUT2D eigenvalue weighted by atomic mass is 16.5. The van der Waals surface area contributed by atoms with E-state index in [9.17, 15) is 9.59 Å². The molecule has 0 aromatic heterocycles. The molecule has 0 saturated carbocycles. The Hall–Kier alpha value is -2.86. The molecule has 1 aliphatic heterocycles. The summed E-state index contributed by atoms with van der Waals surface area (Å²) in [6.07, 6.45) is 0.744. The summed E-state index contributed by atoms with van der Waals surface area (Å²) in [6.45, 7) is 0.589. The van der Waals surface area contributed by atoms with Gasteiger partial charge in [-0.25, -0.2) is 4.79 Å². The third-order valence-corrected chi connectivity index (χ3v) is 4.19. The van der Waals surface area contributed by atoms with Gasteiger partial charge in [-0.1, -0.05) is 24.3 Å². The van der Waals surface area contributed by atoms with Gasteiger partial charge >= 0.3 is 5.97 Å². The minimum absolute atomic E-state index is 0.0967. The molecule has 2 aromatic carbocycles. The SMILES string of the molecule is COc1cc(C(=O)O)ccc1NC(=O)CC1OCCc2ccccc21. The van der Waals surface area contributed by atoms with Crippen LogP contribution in [0.4, 0.5) is 5.69 Å². The Kier molecular flexibility index (Phi) is 5.00. The van der Waals surface area contributed by atoms with Crippen molar-refractivity contribution in [2.75, 3.05) is 19.0 Å². The first-order valence-electron chi connectivity index (χ1n) is 7.99. The van der Waals surface area contributed by atoms with Crippen molar-refractivity contribution < 1.29 is 24.2 Å². The average Bonchev–Trinajstić information content (AvgIpc) is 2.62. The number of amides is 1. The Labute approximate surface area is 145 Å². The summed E-state index contributed by atoms with van der Waals surface area (Å²) in [5.41, 5.74) is 2.77. The molecule has 0 radical (unpaired) electrons. The van der Waals surface area contributed by atoms with Crippen molar-refractivity contribution in [3.63, 3.8) is 0 Å². The van der Waals surface area contributed by atoms with E-state index in [0.29, 0.717) is 18.0 Å². The van der Waals surface area contributed by atoms with Crippen LogP contribution in [0.2, 0.25) is 0 Å². The number of hydrogen-bond acceptors (Lipinski definition) is 4. The minimum Gasteiger partial charge on any atom is -0.495 e. The van der Waals surface area contributed by atoms with E-state index in [4.69, 9.17) is 14.6 Å². The number of ether oxygens (including phenoxy) is 2. The number of methoxy groups -OCH3 is 1. The van der Waals surface area contributed by atoms with Crippen molar-refractivity contribution in [1.29, 1.82) is 0 Å². The van der Waals surface area contributed by atoms with Crippen LogP contribution in [-0.2, 0) is 16.0 Å². The number of carbonyl (C=O) groups excluding carboxylic acids is 1. The van der Waals surface area contributed by atoms with E-state index in [1.165, 1.54) is 30.9 Å². The van der Waals surface area contributed by atoms with Crippen molar-refractivity contribution in [2.24, 2.45) is 0 Å². The molecular formula is C19H19NO5. The fourth-order valence-corrected chi connectivity index (χ4v) is 2.94. The number of benzene rings is 2. The topological polar surface area (TPSA) is 84.9 Å². The molecule has 1 heterocycles. The number of rotatable bonds is 5. The normalized spacial score (nSPS) is 16.0. The van der Waals surface area contributed by atoms with Crippen LogP contribution in [0.5, 0.6) is 5.75 Å². The van der Waals surface area contributed by atoms with E-state index >= 15 is 0 Å². The summed E-state index contributed by atoms with van der Waals surface area (Å²) < 4.78 is 10.9. The molecule has 25 heavy (non-hydrogen) atoms. The monoisotopic (exact) mass is 341 g/mol. The van der Waals surface area contributed by atoms with Gasteiger partial charge in [0.15, 0.2) is 0 Å². The molecule has 1 atom stereocenters. The largest absolute Gasteiger partial charge is 0.495 e. The van der Waals surface area contributed by atoms with E-state index < -0.39 is 5.97 Å². The molecule has 0 bridgehead atoms. The molecule has 130 valence electrons. The number of aromatic carboxylic acids is 1. The van der Waals surface area contributed by atoms with Crippen LogP contribution in [0.25, 0.3) is 0 Å². The maximum Gasteiger partial charge on any atom is 0.335 e. The molecule has 0 fully saturated rings. The Morgan fingerprint density at radius 3 is 2.84 bits per heavy atom. The lowest BCUT2D eigenvalue weighted by molar-refractivity contribution is -0.119. The van der Waals surface area contributed by atoms with E-state index in [1.54, 1.807) is 0 Å². The quantitative estimate of drug-likeness (QED) is 0.873. The molecule has 0 aliphatic carbocycles. The smallest absolute Gasteiger partial charge is 0.335 e. The molecule has 0 spiro atoms. The third kappa shape index (κ3) is 3.80. The van der Waals surface area contributed by atoms with Crippen LogP contribution < -0.4 is 10.1 Å². The van der Waals surface area contributed by atoms with Gasteiger partial charge in [0.1, 0.15) is 5.75 Å². The van der Waals surface area contributed by atoms with Crippen molar-refractivity contribution in [3.05, 3.63) is 59.2 Å². The van der Waals surface area contributed by atoms with Gasteiger partial charge in [0.05, 0.1) is 37.5 Å². The van der Waals surface area contributed by atoms with Gasteiger partial charge in [-0.05, 0) is 35.7 Å². The first kappa shape index (κ1) is 17.0. The number of anilines is 1. The second-order valence-electron chi connectivity index (χ2n) is 5.78. The average molecular weight is 341 g/mol. The van der Waals surface area contributed by atoms with Gasteiger partial charge in [0.25, 0.3) is 0 Å². The Morgan fingerprint density at radius 1 is 1.28 bits per heavy atom. The predicted molar refractivity (Wildman–Crippen MR) is 92.0 cm³/mol. The summed E-state index contributed by atoms with van der Waals surface area (Å²) >= 11 is 0. The van der Waals surface area contributed by atoms with Crippen LogP contribution in [0.15, 0.2) is 42.5 Å². The molecule has 2 N–H and O–H groups in total. The second kappa shape index (κ2) is 7.36. The van der Waals surface area contributed by atoms with Crippen molar-refractivity contribution in [2.45, 2.75) is 18.9 Å². The summed E-state index contributed by atoms with van der Waals surface area (Å²) in [5.74, 6) is -0.968. The molecule has 6 heteroatoms. The number of fused-ring (bicyclic) bond motifs is 1. The highest BCUT2D eigenvalue weighted by molar-refractivity contribution is 5.94. The number of hydrogen-bond donors (Lipinski definition) is 2. The lowest BCUT2D eigenvalue weighted by atomic mass is 9.95. The summed E-state index contributed by atoms with van der Waals surface area (Å²) in [7, 11) is 1.43.